The first-order chi connectivity index (χ1) is 9.56. The molecule has 0 amide bonds. The monoisotopic (exact) mass is 281 g/mol. The number of methoxy groups -OCH3 is 1. The molecule has 0 unspecified atom stereocenters. The molecule has 20 heavy (non-hydrogen) atoms. The van der Waals surface area contributed by atoms with Gasteiger partial charge >= 0.3 is 5.97 Å². The molecule has 1 N–H and O–H groups in total. The average Bonchev–Trinajstić information content (AvgIpc) is 2.42. The Labute approximate surface area is 120 Å². The molecule has 0 aliphatic heterocycles. The molecule has 0 saturated heterocycles. The van der Waals surface area contributed by atoms with Crippen LogP contribution in [-0.2, 0) is 16.1 Å². The molecule has 0 bridgehead atoms. The molecule has 112 valence electrons. The van der Waals surface area contributed by atoms with Crippen LogP contribution in [0.2, 0.25) is 0 Å². The molecule has 0 atom stereocenters. The predicted octanol–water partition coefficient (Wildman–Crippen LogP) is 2.14. The molecule has 1 aromatic carbocycles. The summed E-state index contributed by atoms with van der Waals surface area (Å²) in [5.74, 6) is 0.755. The van der Waals surface area contributed by atoms with Gasteiger partial charge in [0.2, 0.25) is 0 Å². The van der Waals surface area contributed by atoms with Crippen LogP contribution in [0.15, 0.2) is 18.2 Å². The summed E-state index contributed by atoms with van der Waals surface area (Å²) >= 11 is 0. The number of ether oxygens (including phenoxy) is 3. The highest BCUT2D eigenvalue weighted by Crippen LogP contribution is 2.28. The van der Waals surface area contributed by atoms with Crippen molar-refractivity contribution in [2.75, 3.05) is 20.3 Å². The van der Waals surface area contributed by atoms with E-state index in [1.807, 2.05) is 25.1 Å². The van der Waals surface area contributed by atoms with Crippen molar-refractivity contribution in [2.45, 2.75) is 33.4 Å². The highest BCUT2D eigenvalue weighted by Gasteiger charge is 2.10. The third kappa shape index (κ3) is 5.48. The predicted molar refractivity (Wildman–Crippen MR) is 77.1 cm³/mol. The summed E-state index contributed by atoms with van der Waals surface area (Å²) in [6, 6.07) is 5.65. The number of benzene rings is 1. The lowest BCUT2D eigenvalue weighted by Gasteiger charge is -2.13. The van der Waals surface area contributed by atoms with Crippen LogP contribution in [0.25, 0.3) is 0 Å². The van der Waals surface area contributed by atoms with Gasteiger partial charge in [-0.15, -0.1) is 0 Å². The Morgan fingerprint density at radius 2 is 2.05 bits per heavy atom. The smallest absolute Gasteiger partial charge is 0.344 e. The average molecular weight is 281 g/mol. The zero-order valence-corrected chi connectivity index (χ0v) is 12.6. The van der Waals surface area contributed by atoms with E-state index in [0.29, 0.717) is 11.5 Å². The number of rotatable bonds is 8. The molecule has 0 heterocycles. The van der Waals surface area contributed by atoms with Crippen LogP contribution in [-0.4, -0.2) is 32.3 Å². The van der Waals surface area contributed by atoms with Crippen LogP contribution in [0.4, 0.5) is 0 Å². The van der Waals surface area contributed by atoms with Crippen LogP contribution < -0.4 is 14.8 Å². The second kappa shape index (κ2) is 8.43. The maximum Gasteiger partial charge on any atom is 0.344 e. The van der Waals surface area contributed by atoms with Crippen molar-refractivity contribution in [3.8, 4) is 11.5 Å². The summed E-state index contributed by atoms with van der Waals surface area (Å²) in [6.07, 6.45) is -0.145. The Kier molecular flexibility index (Phi) is 6.87. The summed E-state index contributed by atoms with van der Waals surface area (Å²) in [7, 11) is 1.57. The van der Waals surface area contributed by atoms with E-state index < -0.39 is 0 Å². The number of esters is 1. The van der Waals surface area contributed by atoms with Gasteiger partial charge < -0.3 is 19.5 Å². The van der Waals surface area contributed by atoms with Crippen molar-refractivity contribution in [1.82, 2.24) is 5.32 Å². The van der Waals surface area contributed by atoms with Gasteiger partial charge in [0.05, 0.1) is 13.2 Å². The largest absolute Gasteiger partial charge is 0.493 e. The molecular weight excluding hydrogens is 258 g/mol. The van der Waals surface area contributed by atoms with Gasteiger partial charge in [-0.05, 0) is 38.1 Å². The van der Waals surface area contributed by atoms with E-state index in [-0.39, 0.29) is 18.7 Å². The SMILES string of the molecule is CCNCc1ccc(OC)c(OCC(=O)OC(C)C)c1. The summed E-state index contributed by atoms with van der Waals surface area (Å²) in [6.45, 7) is 7.16. The van der Waals surface area contributed by atoms with E-state index in [9.17, 15) is 4.79 Å². The van der Waals surface area contributed by atoms with Crippen LogP contribution in [0.5, 0.6) is 11.5 Å². The van der Waals surface area contributed by atoms with E-state index in [2.05, 4.69) is 5.32 Å². The van der Waals surface area contributed by atoms with Gasteiger partial charge in [-0.2, -0.15) is 0 Å². The Bertz CT molecular complexity index is 432. The zero-order chi connectivity index (χ0) is 15.0. The van der Waals surface area contributed by atoms with Crippen LogP contribution in [0, 0.1) is 0 Å². The fourth-order valence-corrected chi connectivity index (χ4v) is 1.65. The highest BCUT2D eigenvalue weighted by molar-refractivity contribution is 5.71. The molecule has 0 spiro atoms. The molecule has 5 heteroatoms. The molecule has 1 aromatic rings. The van der Waals surface area contributed by atoms with Crippen molar-refractivity contribution in [3.63, 3.8) is 0 Å². The molecule has 0 saturated carbocycles. The van der Waals surface area contributed by atoms with E-state index >= 15 is 0 Å². The summed E-state index contributed by atoms with van der Waals surface area (Å²) in [4.78, 5) is 11.5. The van der Waals surface area contributed by atoms with Crippen LogP contribution >= 0.6 is 0 Å². The second-order valence-corrected chi connectivity index (χ2v) is 4.59. The lowest BCUT2D eigenvalue weighted by molar-refractivity contribution is -0.149. The minimum atomic E-state index is -0.390. The topological polar surface area (TPSA) is 56.8 Å². The number of hydrogen-bond acceptors (Lipinski definition) is 5. The number of nitrogens with one attached hydrogen (secondary N) is 1. The number of hydrogen-bond donors (Lipinski definition) is 1. The van der Waals surface area contributed by atoms with E-state index in [1.54, 1.807) is 21.0 Å². The van der Waals surface area contributed by atoms with Gasteiger partial charge in [-0.1, -0.05) is 13.0 Å². The lowest BCUT2D eigenvalue weighted by Crippen LogP contribution is -2.19. The first-order valence-corrected chi connectivity index (χ1v) is 6.76. The van der Waals surface area contributed by atoms with Gasteiger partial charge in [-0.3, -0.25) is 0 Å². The summed E-state index contributed by atoms with van der Waals surface area (Å²) in [5.41, 5.74) is 1.07. The van der Waals surface area contributed by atoms with Crippen molar-refractivity contribution in [1.29, 1.82) is 0 Å². The van der Waals surface area contributed by atoms with Crippen molar-refractivity contribution in [2.24, 2.45) is 0 Å². The van der Waals surface area contributed by atoms with E-state index in [4.69, 9.17) is 14.2 Å². The normalized spacial score (nSPS) is 10.4. The molecule has 0 radical (unpaired) electrons. The lowest BCUT2D eigenvalue weighted by atomic mass is 10.2. The third-order valence-electron chi connectivity index (χ3n) is 2.52. The quantitative estimate of drug-likeness (QED) is 0.740. The van der Waals surface area contributed by atoms with Gasteiger partial charge in [0, 0.05) is 6.54 Å². The highest BCUT2D eigenvalue weighted by atomic mass is 16.6. The Hall–Kier alpha value is -1.75. The van der Waals surface area contributed by atoms with Gasteiger partial charge in [0.1, 0.15) is 0 Å². The first kappa shape index (κ1) is 16.3. The fraction of sp³-hybridized carbons (Fsp3) is 0.533. The Morgan fingerprint density at radius 1 is 1.30 bits per heavy atom. The van der Waals surface area contributed by atoms with Gasteiger partial charge in [0.25, 0.3) is 0 Å². The maximum absolute atomic E-state index is 11.5. The first-order valence-electron chi connectivity index (χ1n) is 6.76. The maximum atomic E-state index is 11.5. The molecule has 0 aromatic heterocycles. The van der Waals surface area contributed by atoms with Gasteiger partial charge in [0.15, 0.2) is 18.1 Å². The van der Waals surface area contributed by atoms with Crippen molar-refractivity contribution >= 4 is 5.97 Å². The minimum Gasteiger partial charge on any atom is -0.493 e. The summed E-state index contributed by atoms with van der Waals surface area (Å²) < 4.78 is 15.7. The van der Waals surface area contributed by atoms with Gasteiger partial charge in [-0.25, -0.2) is 4.79 Å². The third-order valence-corrected chi connectivity index (χ3v) is 2.52. The standard InChI is InChI=1S/C15H23NO4/c1-5-16-9-12-6-7-13(18-4)14(8-12)19-10-15(17)20-11(2)3/h6-8,11,16H,5,9-10H2,1-4H3. The number of carbonyl (C=O) groups excluding carboxylic acids is 1. The zero-order valence-electron chi connectivity index (χ0n) is 12.6. The molecule has 5 nitrogen and oxygen atoms in total. The molecule has 0 fully saturated rings. The molecular formula is C15H23NO4. The van der Waals surface area contributed by atoms with E-state index in [1.165, 1.54) is 0 Å². The summed E-state index contributed by atoms with van der Waals surface area (Å²) in [5, 5.41) is 3.23. The molecule has 0 aliphatic carbocycles. The van der Waals surface area contributed by atoms with Crippen molar-refractivity contribution < 1.29 is 19.0 Å². The Morgan fingerprint density at radius 3 is 2.65 bits per heavy atom. The molecule has 1 rings (SSSR count). The minimum absolute atomic E-state index is 0.126. The van der Waals surface area contributed by atoms with E-state index in [0.717, 1.165) is 18.7 Å². The van der Waals surface area contributed by atoms with Crippen LogP contribution in [0.1, 0.15) is 26.3 Å². The van der Waals surface area contributed by atoms with Crippen molar-refractivity contribution in [3.05, 3.63) is 23.8 Å². The fourth-order valence-electron chi connectivity index (χ4n) is 1.65. The Balaban J connectivity index is 2.68. The van der Waals surface area contributed by atoms with Crippen LogP contribution in [0.3, 0.4) is 0 Å². The number of carbonyl (C=O) groups is 1. The second-order valence-electron chi connectivity index (χ2n) is 4.59. The molecule has 0 aliphatic rings.